The van der Waals surface area contributed by atoms with Crippen molar-refractivity contribution in [2.45, 2.75) is 19.4 Å². The number of nitrogens with two attached hydrogens (primary N) is 1. The van der Waals surface area contributed by atoms with Gasteiger partial charge in [0.25, 0.3) is 5.91 Å². The zero-order chi connectivity index (χ0) is 16.8. The number of amides is 3. The number of hydrogen-bond acceptors (Lipinski definition) is 5. The quantitative estimate of drug-likeness (QED) is 0.730. The molecule has 0 bridgehead atoms. The van der Waals surface area contributed by atoms with Gasteiger partial charge >= 0.3 is 0 Å². The van der Waals surface area contributed by atoms with Crippen molar-refractivity contribution in [1.29, 1.82) is 0 Å². The number of thiazole rings is 1. The highest BCUT2D eigenvalue weighted by Crippen LogP contribution is 2.16. The molecule has 2 aromatic rings. The predicted molar refractivity (Wildman–Crippen MR) is 87.0 cm³/mol. The summed E-state index contributed by atoms with van der Waals surface area (Å²) >= 11 is 1.19. The Hall–Kier alpha value is -2.74. The number of rotatable bonds is 6. The zero-order valence-corrected chi connectivity index (χ0v) is 13.2. The van der Waals surface area contributed by atoms with Crippen molar-refractivity contribution in [2.75, 3.05) is 5.32 Å². The highest BCUT2D eigenvalue weighted by atomic mass is 32.1. The van der Waals surface area contributed by atoms with E-state index < -0.39 is 17.9 Å². The van der Waals surface area contributed by atoms with E-state index in [-0.39, 0.29) is 12.3 Å². The van der Waals surface area contributed by atoms with Gasteiger partial charge in [0.2, 0.25) is 11.8 Å². The molecule has 0 fully saturated rings. The molecule has 120 valence electrons. The van der Waals surface area contributed by atoms with Crippen LogP contribution in [0.1, 0.15) is 23.0 Å². The standard InChI is InChI=1S/C15H16N4O3S/c1-9(17-14(22)10-5-3-2-4-6-10)13(21)19-15-18-11(8-23-15)7-12(16)20/h2-6,8-9H,7H2,1H3,(H2,16,20)(H,17,22)(H,18,19,21). The number of benzene rings is 1. The number of nitrogens with one attached hydrogen (secondary N) is 2. The minimum Gasteiger partial charge on any atom is -0.369 e. The molecule has 1 atom stereocenters. The lowest BCUT2D eigenvalue weighted by molar-refractivity contribution is -0.118. The summed E-state index contributed by atoms with van der Waals surface area (Å²) in [5, 5.41) is 7.20. The van der Waals surface area contributed by atoms with Crippen molar-refractivity contribution >= 4 is 34.2 Å². The molecule has 4 N–H and O–H groups in total. The molecule has 1 aromatic carbocycles. The van der Waals surface area contributed by atoms with Gasteiger partial charge in [0.15, 0.2) is 5.13 Å². The zero-order valence-electron chi connectivity index (χ0n) is 12.4. The van der Waals surface area contributed by atoms with Crippen molar-refractivity contribution in [3.63, 3.8) is 0 Å². The van der Waals surface area contributed by atoms with Crippen molar-refractivity contribution in [2.24, 2.45) is 5.73 Å². The minimum absolute atomic E-state index is 0.0205. The Kier molecular flexibility index (Phi) is 5.42. The fraction of sp³-hybridized carbons (Fsp3) is 0.200. The van der Waals surface area contributed by atoms with Crippen molar-refractivity contribution < 1.29 is 14.4 Å². The number of carbonyl (C=O) groups excluding carboxylic acids is 3. The molecule has 1 unspecified atom stereocenters. The Bertz CT molecular complexity index is 715. The van der Waals surface area contributed by atoms with Crippen LogP contribution in [0.5, 0.6) is 0 Å². The lowest BCUT2D eigenvalue weighted by atomic mass is 10.2. The van der Waals surface area contributed by atoms with Gasteiger partial charge in [0, 0.05) is 10.9 Å². The third kappa shape index (κ3) is 4.89. The molecule has 0 saturated carbocycles. The molecule has 1 aromatic heterocycles. The monoisotopic (exact) mass is 332 g/mol. The molecule has 0 saturated heterocycles. The Morgan fingerprint density at radius 3 is 2.61 bits per heavy atom. The van der Waals surface area contributed by atoms with E-state index in [0.29, 0.717) is 16.4 Å². The number of carbonyl (C=O) groups is 3. The summed E-state index contributed by atoms with van der Waals surface area (Å²) in [6, 6.07) is 7.89. The molecular weight excluding hydrogens is 316 g/mol. The Balaban J connectivity index is 1.91. The third-order valence-corrected chi connectivity index (χ3v) is 3.72. The second-order valence-electron chi connectivity index (χ2n) is 4.84. The van der Waals surface area contributed by atoms with Crippen LogP contribution in [0, 0.1) is 0 Å². The molecule has 2 rings (SSSR count). The molecule has 8 heteroatoms. The summed E-state index contributed by atoms with van der Waals surface area (Å²) in [4.78, 5) is 38.9. The number of primary amides is 1. The molecule has 0 aliphatic heterocycles. The Morgan fingerprint density at radius 2 is 1.96 bits per heavy atom. The van der Waals surface area contributed by atoms with Crippen LogP contribution in [0.2, 0.25) is 0 Å². The minimum atomic E-state index is -0.730. The molecule has 0 spiro atoms. The van der Waals surface area contributed by atoms with Crippen LogP contribution in [-0.2, 0) is 16.0 Å². The van der Waals surface area contributed by atoms with Crippen LogP contribution in [-0.4, -0.2) is 28.7 Å². The Labute approximate surface area is 136 Å². The average Bonchev–Trinajstić information content (AvgIpc) is 2.94. The van der Waals surface area contributed by atoms with Gasteiger partial charge in [-0.15, -0.1) is 11.3 Å². The van der Waals surface area contributed by atoms with E-state index in [1.165, 1.54) is 11.3 Å². The van der Waals surface area contributed by atoms with Crippen LogP contribution in [0.15, 0.2) is 35.7 Å². The van der Waals surface area contributed by atoms with Gasteiger partial charge in [-0.2, -0.15) is 0 Å². The van der Waals surface area contributed by atoms with E-state index in [1.54, 1.807) is 42.6 Å². The summed E-state index contributed by atoms with van der Waals surface area (Å²) in [6.07, 6.45) is 0.0205. The second-order valence-corrected chi connectivity index (χ2v) is 5.70. The fourth-order valence-corrected chi connectivity index (χ4v) is 2.49. The first-order valence-corrected chi connectivity index (χ1v) is 7.73. The lowest BCUT2D eigenvalue weighted by Gasteiger charge is -2.12. The molecule has 23 heavy (non-hydrogen) atoms. The number of hydrogen-bond donors (Lipinski definition) is 3. The Morgan fingerprint density at radius 1 is 1.26 bits per heavy atom. The van der Waals surface area contributed by atoms with Gasteiger partial charge < -0.3 is 16.4 Å². The first-order valence-electron chi connectivity index (χ1n) is 6.85. The van der Waals surface area contributed by atoms with E-state index >= 15 is 0 Å². The fourth-order valence-electron chi connectivity index (χ4n) is 1.77. The van der Waals surface area contributed by atoms with E-state index in [4.69, 9.17) is 5.73 Å². The molecule has 0 aliphatic carbocycles. The molecule has 1 heterocycles. The third-order valence-electron chi connectivity index (χ3n) is 2.91. The normalized spacial score (nSPS) is 11.5. The maximum absolute atomic E-state index is 12.1. The van der Waals surface area contributed by atoms with Gasteiger partial charge in [-0.3, -0.25) is 14.4 Å². The maximum Gasteiger partial charge on any atom is 0.251 e. The number of aromatic nitrogens is 1. The SMILES string of the molecule is CC(NC(=O)c1ccccc1)C(=O)Nc1nc(CC(N)=O)cs1. The van der Waals surface area contributed by atoms with Crippen LogP contribution < -0.4 is 16.4 Å². The number of anilines is 1. The van der Waals surface area contributed by atoms with Crippen LogP contribution in [0.3, 0.4) is 0 Å². The van der Waals surface area contributed by atoms with Crippen molar-refractivity contribution in [3.8, 4) is 0 Å². The molecule has 0 radical (unpaired) electrons. The van der Waals surface area contributed by atoms with Crippen molar-refractivity contribution in [1.82, 2.24) is 10.3 Å². The van der Waals surface area contributed by atoms with Gasteiger partial charge in [-0.1, -0.05) is 18.2 Å². The summed E-state index contributed by atoms with van der Waals surface area (Å²) in [5.74, 6) is -1.22. The van der Waals surface area contributed by atoms with Crippen LogP contribution in [0.4, 0.5) is 5.13 Å². The summed E-state index contributed by atoms with van der Waals surface area (Å²) in [5.41, 5.74) is 6.06. The van der Waals surface area contributed by atoms with Gasteiger partial charge in [-0.05, 0) is 19.1 Å². The maximum atomic E-state index is 12.1. The van der Waals surface area contributed by atoms with E-state index in [2.05, 4.69) is 15.6 Å². The topological polar surface area (TPSA) is 114 Å². The summed E-state index contributed by atoms with van der Waals surface area (Å²) < 4.78 is 0. The largest absolute Gasteiger partial charge is 0.369 e. The molecular formula is C15H16N4O3S. The number of nitrogens with zero attached hydrogens (tertiary/aromatic N) is 1. The van der Waals surface area contributed by atoms with Crippen LogP contribution >= 0.6 is 11.3 Å². The molecule has 7 nitrogen and oxygen atoms in total. The second kappa shape index (κ2) is 7.50. The average molecular weight is 332 g/mol. The summed E-state index contributed by atoms with van der Waals surface area (Å²) in [7, 11) is 0. The first kappa shape index (κ1) is 16.6. The van der Waals surface area contributed by atoms with E-state index in [0.717, 1.165) is 0 Å². The molecule has 3 amide bonds. The van der Waals surface area contributed by atoms with Crippen molar-refractivity contribution in [3.05, 3.63) is 47.0 Å². The van der Waals surface area contributed by atoms with Crippen LogP contribution in [0.25, 0.3) is 0 Å². The van der Waals surface area contributed by atoms with E-state index in [9.17, 15) is 14.4 Å². The smallest absolute Gasteiger partial charge is 0.251 e. The molecule has 0 aliphatic rings. The van der Waals surface area contributed by atoms with Gasteiger partial charge in [-0.25, -0.2) is 4.98 Å². The van der Waals surface area contributed by atoms with Gasteiger partial charge in [0.1, 0.15) is 6.04 Å². The summed E-state index contributed by atoms with van der Waals surface area (Å²) in [6.45, 7) is 1.58. The van der Waals surface area contributed by atoms with E-state index in [1.807, 2.05) is 0 Å². The highest BCUT2D eigenvalue weighted by Gasteiger charge is 2.18. The first-order chi connectivity index (χ1) is 11.0. The lowest BCUT2D eigenvalue weighted by Crippen LogP contribution is -2.41. The van der Waals surface area contributed by atoms with Gasteiger partial charge in [0.05, 0.1) is 12.1 Å². The highest BCUT2D eigenvalue weighted by molar-refractivity contribution is 7.13. The predicted octanol–water partition coefficient (Wildman–Crippen LogP) is 0.928.